The van der Waals surface area contributed by atoms with Gasteiger partial charge in [-0.15, -0.1) is 0 Å². The minimum Gasteiger partial charge on any atom is -0.481 e. The molecule has 0 heterocycles. The van der Waals surface area contributed by atoms with E-state index in [1.54, 1.807) is 36.6 Å². The van der Waals surface area contributed by atoms with Crippen LogP contribution in [0.1, 0.15) is 45.1 Å². The second-order valence-electron chi connectivity index (χ2n) is 8.84. The van der Waals surface area contributed by atoms with Crippen molar-refractivity contribution in [1.82, 2.24) is 16.0 Å². The van der Waals surface area contributed by atoms with Crippen LogP contribution in [-0.2, 0) is 30.4 Å². The van der Waals surface area contributed by atoms with E-state index < -0.39 is 60.2 Å². The third-order valence-electron chi connectivity index (χ3n) is 5.98. The summed E-state index contributed by atoms with van der Waals surface area (Å²) >= 11 is 1.41. The van der Waals surface area contributed by atoms with Gasteiger partial charge in [0.15, 0.2) is 0 Å². The number of nitrogens with two attached hydrogens (primary N) is 1. The number of carboxylic acids is 2. The van der Waals surface area contributed by atoms with Crippen molar-refractivity contribution in [3.8, 4) is 0 Å². The molecule has 0 fully saturated rings. The van der Waals surface area contributed by atoms with E-state index in [2.05, 4.69) is 16.0 Å². The molecule has 37 heavy (non-hydrogen) atoms. The SMILES string of the molecule is CCC(C)C(N)C(=O)NC(Cc1ccccc1)C(=O)NC(CCC(=O)O)C(=O)NC(CCSC)C(=O)O. The van der Waals surface area contributed by atoms with Gasteiger partial charge in [-0.05, 0) is 36.3 Å². The number of hydrogen-bond acceptors (Lipinski definition) is 7. The standard InChI is InChI=1S/C25H38N4O7S/c1-4-15(2)21(26)24(34)29-19(14-16-8-6-5-7-9-16)23(33)27-17(10-11-20(30)31)22(32)28-18(25(35)36)12-13-37-3/h5-9,15,17-19,21H,4,10-14,26H2,1-3H3,(H,27,33)(H,28,32)(H,29,34)(H,30,31)(H,35,36). The zero-order chi connectivity index (χ0) is 28.0. The number of carbonyl (C=O) groups excluding carboxylic acids is 3. The number of aliphatic carboxylic acids is 2. The third-order valence-corrected chi connectivity index (χ3v) is 6.62. The number of carbonyl (C=O) groups is 5. The molecule has 0 saturated carbocycles. The van der Waals surface area contributed by atoms with E-state index in [1.807, 2.05) is 13.8 Å². The largest absolute Gasteiger partial charge is 0.481 e. The van der Waals surface area contributed by atoms with Crippen LogP contribution in [0.5, 0.6) is 0 Å². The van der Waals surface area contributed by atoms with E-state index in [9.17, 15) is 29.1 Å². The van der Waals surface area contributed by atoms with Crippen LogP contribution in [-0.4, -0.2) is 76.0 Å². The Morgan fingerprint density at radius 1 is 0.892 bits per heavy atom. The van der Waals surface area contributed by atoms with Crippen molar-refractivity contribution in [3.63, 3.8) is 0 Å². The van der Waals surface area contributed by atoms with Crippen molar-refractivity contribution in [3.05, 3.63) is 35.9 Å². The predicted molar refractivity (Wildman–Crippen MR) is 141 cm³/mol. The number of benzene rings is 1. The second kappa shape index (κ2) is 16.6. The van der Waals surface area contributed by atoms with Crippen LogP contribution in [0.15, 0.2) is 30.3 Å². The van der Waals surface area contributed by atoms with Gasteiger partial charge in [-0.2, -0.15) is 11.8 Å². The molecular weight excluding hydrogens is 500 g/mol. The summed E-state index contributed by atoms with van der Waals surface area (Å²) in [7, 11) is 0. The highest BCUT2D eigenvalue weighted by Crippen LogP contribution is 2.09. The van der Waals surface area contributed by atoms with Gasteiger partial charge in [-0.3, -0.25) is 19.2 Å². The maximum Gasteiger partial charge on any atom is 0.326 e. The van der Waals surface area contributed by atoms with Gasteiger partial charge in [0.05, 0.1) is 6.04 Å². The smallest absolute Gasteiger partial charge is 0.326 e. The van der Waals surface area contributed by atoms with Crippen LogP contribution in [0, 0.1) is 5.92 Å². The van der Waals surface area contributed by atoms with Crippen molar-refractivity contribution in [1.29, 1.82) is 0 Å². The van der Waals surface area contributed by atoms with Gasteiger partial charge in [-0.25, -0.2) is 4.79 Å². The van der Waals surface area contributed by atoms with Gasteiger partial charge in [0, 0.05) is 12.8 Å². The molecular formula is C25H38N4O7S. The molecule has 0 aliphatic carbocycles. The fraction of sp³-hybridized carbons (Fsp3) is 0.560. The lowest BCUT2D eigenvalue weighted by Gasteiger charge is -2.26. The summed E-state index contributed by atoms with van der Waals surface area (Å²) < 4.78 is 0. The van der Waals surface area contributed by atoms with E-state index in [0.29, 0.717) is 12.2 Å². The topological polar surface area (TPSA) is 188 Å². The van der Waals surface area contributed by atoms with E-state index in [-0.39, 0.29) is 25.2 Å². The van der Waals surface area contributed by atoms with Crippen LogP contribution >= 0.6 is 11.8 Å². The van der Waals surface area contributed by atoms with E-state index >= 15 is 0 Å². The maximum absolute atomic E-state index is 13.3. The van der Waals surface area contributed by atoms with Crippen molar-refractivity contribution < 1.29 is 34.2 Å². The number of nitrogens with one attached hydrogen (secondary N) is 3. The molecule has 1 aromatic rings. The van der Waals surface area contributed by atoms with E-state index in [0.717, 1.165) is 5.56 Å². The molecule has 3 amide bonds. The lowest BCUT2D eigenvalue weighted by Crippen LogP contribution is -2.58. The van der Waals surface area contributed by atoms with Crippen molar-refractivity contribution in [2.45, 2.75) is 70.1 Å². The molecule has 0 aliphatic rings. The first kappa shape index (κ1) is 31.9. The number of carboxylic acid groups (broad SMARTS) is 2. The summed E-state index contributed by atoms with van der Waals surface area (Å²) in [4.78, 5) is 61.7. The van der Waals surface area contributed by atoms with Crippen LogP contribution in [0.4, 0.5) is 0 Å². The Morgan fingerprint density at radius 2 is 1.46 bits per heavy atom. The number of rotatable bonds is 17. The van der Waals surface area contributed by atoms with Crippen LogP contribution < -0.4 is 21.7 Å². The van der Waals surface area contributed by atoms with Gasteiger partial charge >= 0.3 is 11.9 Å². The number of amides is 3. The van der Waals surface area contributed by atoms with Gasteiger partial charge < -0.3 is 31.9 Å². The minimum atomic E-state index is -1.32. The molecule has 5 atom stereocenters. The highest BCUT2D eigenvalue weighted by atomic mass is 32.2. The third kappa shape index (κ3) is 11.6. The zero-order valence-electron chi connectivity index (χ0n) is 21.4. The molecule has 0 aromatic heterocycles. The van der Waals surface area contributed by atoms with Gasteiger partial charge in [0.2, 0.25) is 17.7 Å². The summed E-state index contributed by atoms with van der Waals surface area (Å²) in [6, 6.07) is 4.44. The van der Waals surface area contributed by atoms with Crippen LogP contribution in [0.2, 0.25) is 0 Å². The number of thioether (sulfide) groups is 1. The van der Waals surface area contributed by atoms with Crippen LogP contribution in [0.3, 0.4) is 0 Å². The highest BCUT2D eigenvalue weighted by Gasteiger charge is 2.31. The first-order chi connectivity index (χ1) is 17.5. The molecule has 0 bridgehead atoms. The van der Waals surface area contributed by atoms with Gasteiger partial charge in [-0.1, -0.05) is 50.6 Å². The molecule has 5 unspecified atom stereocenters. The van der Waals surface area contributed by atoms with Crippen molar-refractivity contribution >= 4 is 41.4 Å². The fourth-order valence-corrected chi connectivity index (χ4v) is 3.89. The fourth-order valence-electron chi connectivity index (χ4n) is 3.41. The monoisotopic (exact) mass is 538 g/mol. The van der Waals surface area contributed by atoms with E-state index in [4.69, 9.17) is 10.8 Å². The molecule has 7 N–H and O–H groups in total. The quantitative estimate of drug-likeness (QED) is 0.166. The molecule has 0 radical (unpaired) electrons. The lowest BCUT2D eigenvalue weighted by atomic mass is 9.98. The Bertz CT molecular complexity index is 916. The van der Waals surface area contributed by atoms with Crippen molar-refractivity contribution in [2.24, 2.45) is 11.7 Å². The summed E-state index contributed by atoms with van der Waals surface area (Å²) in [6.07, 6.45) is 2.01. The second-order valence-corrected chi connectivity index (χ2v) is 9.82. The van der Waals surface area contributed by atoms with E-state index in [1.165, 1.54) is 11.8 Å². The molecule has 0 saturated heterocycles. The highest BCUT2D eigenvalue weighted by molar-refractivity contribution is 7.98. The molecule has 12 heteroatoms. The Balaban J connectivity index is 3.13. The van der Waals surface area contributed by atoms with Gasteiger partial charge in [0.1, 0.15) is 18.1 Å². The first-order valence-corrected chi connectivity index (χ1v) is 13.5. The normalized spacial score (nSPS) is 14.9. The summed E-state index contributed by atoms with van der Waals surface area (Å²) in [6.45, 7) is 3.71. The molecule has 206 valence electrons. The molecule has 0 aliphatic heterocycles. The molecule has 1 rings (SSSR count). The maximum atomic E-state index is 13.3. The Labute approximate surface area is 221 Å². The van der Waals surface area contributed by atoms with Crippen molar-refractivity contribution in [2.75, 3.05) is 12.0 Å². The molecule has 1 aromatic carbocycles. The number of hydrogen-bond donors (Lipinski definition) is 6. The predicted octanol–water partition coefficient (Wildman–Crippen LogP) is 0.759. The Hall–Kier alpha value is -3.12. The Kier molecular flexibility index (Phi) is 14.3. The molecule has 11 nitrogen and oxygen atoms in total. The van der Waals surface area contributed by atoms with Crippen LogP contribution in [0.25, 0.3) is 0 Å². The first-order valence-electron chi connectivity index (χ1n) is 12.1. The minimum absolute atomic E-state index is 0.102. The summed E-state index contributed by atoms with van der Waals surface area (Å²) in [5.41, 5.74) is 6.78. The average Bonchev–Trinajstić information content (AvgIpc) is 2.87. The summed E-state index contributed by atoms with van der Waals surface area (Å²) in [5, 5.41) is 26.1. The lowest BCUT2D eigenvalue weighted by molar-refractivity contribution is -0.143. The molecule has 0 spiro atoms. The summed E-state index contributed by atoms with van der Waals surface area (Å²) in [5.74, 6) is -4.13. The average molecular weight is 539 g/mol. The van der Waals surface area contributed by atoms with Gasteiger partial charge in [0.25, 0.3) is 0 Å². The zero-order valence-corrected chi connectivity index (χ0v) is 22.3. The Morgan fingerprint density at radius 3 is 2.00 bits per heavy atom.